The van der Waals surface area contributed by atoms with Gasteiger partial charge in [0.15, 0.2) is 0 Å². The second kappa shape index (κ2) is 4.34. The number of hydrogen-bond donors (Lipinski definition) is 1. The predicted molar refractivity (Wildman–Crippen MR) is 40.9 cm³/mol. The summed E-state index contributed by atoms with van der Waals surface area (Å²) in [4.78, 5) is 2.99. The standard InChI is InChI=1S/C7H11ClN2/c8-3-1-2-5-10-6-4-9-7-10/h4,6-7H,1-3,5H2/p+1. The van der Waals surface area contributed by atoms with Crippen LogP contribution < -0.4 is 4.57 Å². The van der Waals surface area contributed by atoms with Crippen molar-refractivity contribution in [1.29, 1.82) is 0 Å². The van der Waals surface area contributed by atoms with E-state index in [1.54, 1.807) is 0 Å². The summed E-state index contributed by atoms with van der Waals surface area (Å²) in [6, 6.07) is 0. The lowest BCUT2D eigenvalue weighted by atomic mass is 10.3. The first-order chi connectivity index (χ1) is 4.93. The summed E-state index contributed by atoms with van der Waals surface area (Å²) in [6.45, 7) is 1.07. The SMILES string of the molecule is ClCCCC[n+]1cc[nH]c1. The molecule has 0 saturated heterocycles. The fraction of sp³-hybridized carbons (Fsp3) is 0.571. The fourth-order valence-electron chi connectivity index (χ4n) is 0.849. The van der Waals surface area contributed by atoms with E-state index in [0.29, 0.717) is 0 Å². The number of aromatic amines is 1. The Balaban J connectivity index is 2.15. The maximum Gasteiger partial charge on any atom is 0.241 e. The van der Waals surface area contributed by atoms with Gasteiger partial charge in [0.25, 0.3) is 0 Å². The third-order valence-corrected chi connectivity index (χ3v) is 1.67. The van der Waals surface area contributed by atoms with E-state index in [1.165, 1.54) is 0 Å². The summed E-state index contributed by atoms with van der Waals surface area (Å²) in [5, 5.41) is 0. The Morgan fingerprint density at radius 3 is 2.90 bits per heavy atom. The second-order valence-electron chi connectivity index (χ2n) is 2.25. The topological polar surface area (TPSA) is 19.7 Å². The van der Waals surface area contributed by atoms with E-state index in [2.05, 4.69) is 9.55 Å². The first kappa shape index (κ1) is 7.61. The van der Waals surface area contributed by atoms with Crippen LogP contribution in [0.4, 0.5) is 0 Å². The Kier molecular flexibility index (Phi) is 3.30. The van der Waals surface area contributed by atoms with E-state index < -0.39 is 0 Å². The number of aryl methyl sites for hydroxylation is 1. The lowest BCUT2D eigenvalue weighted by Crippen LogP contribution is -2.30. The van der Waals surface area contributed by atoms with Crippen LogP contribution in [0.15, 0.2) is 18.7 Å². The van der Waals surface area contributed by atoms with Crippen LogP contribution in [0.3, 0.4) is 0 Å². The number of halogens is 1. The van der Waals surface area contributed by atoms with Crippen LogP contribution >= 0.6 is 11.6 Å². The van der Waals surface area contributed by atoms with Gasteiger partial charge in [0, 0.05) is 5.88 Å². The smallest absolute Gasteiger partial charge is 0.241 e. The first-order valence-electron chi connectivity index (χ1n) is 3.51. The van der Waals surface area contributed by atoms with Crippen LogP contribution in [-0.4, -0.2) is 10.9 Å². The number of unbranched alkanes of at least 4 members (excludes halogenated alkanes) is 1. The highest BCUT2D eigenvalue weighted by molar-refractivity contribution is 6.17. The third-order valence-electron chi connectivity index (χ3n) is 1.40. The molecule has 0 aliphatic rings. The Labute approximate surface area is 65.8 Å². The summed E-state index contributed by atoms with van der Waals surface area (Å²) >= 11 is 5.52. The van der Waals surface area contributed by atoms with Crippen molar-refractivity contribution in [3.05, 3.63) is 18.7 Å². The third kappa shape index (κ3) is 2.40. The molecule has 0 fully saturated rings. The molecule has 56 valence electrons. The number of rotatable bonds is 4. The molecule has 0 aliphatic carbocycles. The molecule has 1 rings (SSSR count). The van der Waals surface area contributed by atoms with Gasteiger partial charge >= 0.3 is 0 Å². The van der Waals surface area contributed by atoms with Gasteiger partial charge in [-0.25, -0.2) is 4.57 Å². The van der Waals surface area contributed by atoms with Gasteiger partial charge in [-0.2, -0.15) is 0 Å². The van der Waals surface area contributed by atoms with Crippen molar-refractivity contribution >= 4 is 11.6 Å². The fourth-order valence-corrected chi connectivity index (χ4v) is 1.04. The van der Waals surface area contributed by atoms with Crippen LogP contribution in [-0.2, 0) is 6.54 Å². The molecule has 3 heteroatoms. The summed E-state index contributed by atoms with van der Waals surface area (Å²) in [7, 11) is 0. The Morgan fingerprint density at radius 1 is 1.40 bits per heavy atom. The summed E-state index contributed by atoms with van der Waals surface area (Å²) in [5.74, 6) is 0.769. The van der Waals surface area contributed by atoms with Gasteiger partial charge in [-0.1, -0.05) is 0 Å². The largest absolute Gasteiger partial charge is 0.250 e. The van der Waals surface area contributed by atoms with Crippen molar-refractivity contribution < 1.29 is 4.57 Å². The van der Waals surface area contributed by atoms with Gasteiger partial charge in [-0.3, -0.25) is 4.98 Å². The molecule has 0 spiro atoms. The van der Waals surface area contributed by atoms with E-state index >= 15 is 0 Å². The molecule has 0 saturated carbocycles. The van der Waals surface area contributed by atoms with E-state index in [4.69, 9.17) is 11.6 Å². The van der Waals surface area contributed by atoms with Crippen LogP contribution in [0.25, 0.3) is 0 Å². The van der Waals surface area contributed by atoms with Gasteiger partial charge in [0.2, 0.25) is 6.33 Å². The normalized spacial score (nSPS) is 10.1. The minimum atomic E-state index is 0.769. The van der Waals surface area contributed by atoms with Gasteiger partial charge in [0.05, 0.1) is 6.54 Å². The number of hydrogen-bond acceptors (Lipinski definition) is 0. The Morgan fingerprint density at radius 2 is 2.30 bits per heavy atom. The quantitative estimate of drug-likeness (QED) is 0.389. The van der Waals surface area contributed by atoms with Crippen molar-refractivity contribution in [3.8, 4) is 0 Å². The maximum atomic E-state index is 5.52. The summed E-state index contributed by atoms with van der Waals surface area (Å²) < 4.78 is 2.12. The average molecular weight is 160 g/mol. The molecular weight excluding hydrogens is 148 g/mol. The van der Waals surface area contributed by atoms with Crippen molar-refractivity contribution in [1.82, 2.24) is 4.98 Å². The molecule has 1 aromatic rings. The monoisotopic (exact) mass is 159 g/mol. The first-order valence-corrected chi connectivity index (χ1v) is 4.05. The minimum Gasteiger partial charge on any atom is -0.250 e. The highest BCUT2D eigenvalue weighted by Gasteiger charge is 1.94. The van der Waals surface area contributed by atoms with Gasteiger partial charge in [0.1, 0.15) is 12.4 Å². The van der Waals surface area contributed by atoms with Gasteiger partial charge < -0.3 is 0 Å². The molecule has 0 radical (unpaired) electrons. The number of nitrogens with zero attached hydrogens (tertiary/aromatic N) is 1. The number of nitrogens with one attached hydrogen (secondary N) is 1. The zero-order valence-electron chi connectivity index (χ0n) is 5.89. The van der Waals surface area contributed by atoms with Crippen LogP contribution in [0, 0.1) is 0 Å². The molecule has 10 heavy (non-hydrogen) atoms. The van der Waals surface area contributed by atoms with Crippen molar-refractivity contribution in [2.24, 2.45) is 0 Å². The van der Waals surface area contributed by atoms with E-state index in [-0.39, 0.29) is 0 Å². The highest BCUT2D eigenvalue weighted by Crippen LogP contribution is 1.90. The van der Waals surface area contributed by atoms with Gasteiger partial charge in [-0.05, 0) is 12.8 Å². The van der Waals surface area contributed by atoms with Gasteiger partial charge in [-0.15, -0.1) is 11.6 Å². The van der Waals surface area contributed by atoms with Crippen LogP contribution in [0.2, 0.25) is 0 Å². The van der Waals surface area contributed by atoms with Crippen molar-refractivity contribution in [2.45, 2.75) is 19.4 Å². The molecule has 0 aromatic carbocycles. The molecule has 1 heterocycles. The molecule has 0 bridgehead atoms. The Hall–Kier alpha value is -0.500. The molecule has 1 N–H and O–H groups in total. The lowest BCUT2D eigenvalue weighted by molar-refractivity contribution is -0.696. The zero-order chi connectivity index (χ0) is 7.23. The second-order valence-corrected chi connectivity index (χ2v) is 2.62. The predicted octanol–water partition coefficient (Wildman–Crippen LogP) is 1.32. The van der Waals surface area contributed by atoms with Crippen molar-refractivity contribution in [3.63, 3.8) is 0 Å². The Bertz CT molecular complexity index is 160. The summed E-state index contributed by atoms with van der Waals surface area (Å²) in [5.41, 5.74) is 0. The molecule has 2 nitrogen and oxygen atoms in total. The number of aromatic nitrogens is 2. The minimum absolute atomic E-state index is 0.769. The van der Waals surface area contributed by atoms with Crippen LogP contribution in [0.1, 0.15) is 12.8 Å². The lowest BCUT2D eigenvalue weighted by Gasteiger charge is -1.92. The van der Waals surface area contributed by atoms with E-state index in [1.807, 2.05) is 18.7 Å². The molecule has 0 amide bonds. The molecular formula is C7H12ClN2+. The number of imidazole rings is 1. The molecule has 1 aromatic heterocycles. The number of H-pyrrole nitrogens is 1. The molecule has 0 atom stereocenters. The van der Waals surface area contributed by atoms with Crippen molar-refractivity contribution in [2.75, 3.05) is 5.88 Å². The maximum absolute atomic E-state index is 5.52. The zero-order valence-corrected chi connectivity index (χ0v) is 6.64. The average Bonchev–Trinajstić information content (AvgIpc) is 2.41. The molecule has 0 aliphatic heterocycles. The number of alkyl halides is 1. The van der Waals surface area contributed by atoms with E-state index in [0.717, 1.165) is 25.3 Å². The van der Waals surface area contributed by atoms with Crippen LogP contribution in [0.5, 0.6) is 0 Å². The molecule has 0 unspecified atom stereocenters. The highest BCUT2D eigenvalue weighted by atomic mass is 35.5. The van der Waals surface area contributed by atoms with E-state index in [9.17, 15) is 0 Å². The summed E-state index contributed by atoms with van der Waals surface area (Å²) in [6.07, 6.45) is 8.15.